The van der Waals surface area contributed by atoms with Gasteiger partial charge in [-0.05, 0) is 55.7 Å². The van der Waals surface area contributed by atoms with Crippen molar-refractivity contribution in [2.75, 3.05) is 6.54 Å². The third-order valence-electron chi connectivity index (χ3n) is 3.88. The number of hydrogen-bond donors (Lipinski definition) is 0. The Balaban J connectivity index is 1.67. The molecule has 0 aromatic carbocycles. The Labute approximate surface area is 110 Å². The molecular formula is C12H16ClNS2. The minimum absolute atomic E-state index is 0.674. The minimum atomic E-state index is 0.674. The van der Waals surface area contributed by atoms with E-state index in [-0.39, 0.29) is 0 Å². The van der Waals surface area contributed by atoms with Crippen molar-refractivity contribution >= 4 is 34.9 Å². The van der Waals surface area contributed by atoms with E-state index in [4.69, 9.17) is 11.6 Å². The van der Waals surface area contributed by atoms with Crippen LogP contribution in [-0.2, 0) is 0 Å². The average Bonchev–Trinajstić information content (AvgIpc) is 2.72. The quantitative estimate of drug-likeness (QED) is 0.720. The van der Waals surface area contributed by atoms with Gasteiger partial charge in [-0.3, -0.25) is 0 Å². The molecule has 1 aliphatic carbocycles. The van der Waals surface area contributed by atoms with E-state index in [1.807, 2.05) is 18.0 Å². The maximum Gasteiger partial charge on any atom is 0.0940 e. The SMILES string of the molecule is CC1CC2(CCC2)CN1Sc1ccc(Cl)s1. The molecule has 0 bridgehead atoms. The van der Waals surface area contributed by atoms with Crippen LogP contribution in [0.5, 0.6) is 0 Å². The summed E-state index contributed by atoms with van der Waals surface area (Å²) in [5.74, 6) is 0. The van der Waals surface area contributed by atoms with Gasteiger partial charge in [0.25, 0.3) is 0 Å². The van der Waals surface area contributed by atoms with Crippen molar-refractivity contribution in [1.82, 2.24) is 4.31 Å². The summed E-state index contributed by atoms with van der Waals surface area (Å²) in [7, 11) is 0. The summed E-state index contributed by atoms with van der Waals surface area (Å²) in [6, 6.07) is 4.84. The van der Waals surface area contributed by atoms with E-state index in [2.05, 4.69) is 17.3 Å². The molecule has 1 spiro atoms. The van der Waals surface area contributed by atoms with Crippen LogP contribution in [0.3, 0.4) is 0 Å². The van der Waals surface area contributed by atoms with Gasteiger partial charge in [-0.1, -0.05) is 18.0 Å². The summed E-state index contributed by atoms with van der Waals surface area (Å²) in [6.45, 7) is 3.63. The molecule has 1 aromatic rings. The topological polar surface area (TPSA) is 3.24 Å². The fourth-order valence-corrected chi connectivity index (χ4v) is 5.48. The third-order valence-corrected chi connectivity index (χ3v) is 6.42. The van der Waals surface area contributed by atoms with Gasteiger partial charge in [0.2, 0.25) is 0 Å². The van der Waals surface area contributed by atoms with Crippen molar-refractivity contribution in [3.8, 4) is 0 Å². The zero-order valence-corrected chi connectivity index (χ0v) is 11.8. The lowest BCUT2D eigenvalue weighted by Crippen LogP contribution is -2.31. The maximum absolute atomic E-state index is 5.96. The van der Waals surface area contributed by atoms with Crippen LogP contribution < -0.4 is 0 Å². The summed E-state index contributed by atoms with van der Waals surface area (Å²) >= 11 is 9.55. The van der Waals surface area contributed by atoms with Gasteiger partial charge in [0.05, 0.1) is 8.55 Å². The van der Waals surface area contributed by atoms with Crippen molar-refractivity contribution in [3.63, 3.8) is 0 Å². The fourth-order valence-electron chi connectivity index (χ4n) is 2.90. The largest absolute Gasteiger partial charge is 0.242 e. The highest BCUT2D eigenvalue weighted by Gasteiger charge is 2.46. The van der Waals surface area contributed by atoms with E-state index in [9.17, 15) is 0 Å². The predicted molar refractivity (Wildman–Crippen MR) is 72.3 cm³/mol. The first-order chi connectivity index (χ1) is 7.67. The van der Waals surface area contributed by atoms with E-state index in [1.165, 1.54) is 36.4 Å². The Kier molecular flexibility index (Phi) is 2.99. The molecule has 0 amide bonds. The van der Waals surface area contributed by atoms with Crippen molar-refractivity contribution in [1.29, 1.82) is 0 Å². The minimum Gasteiger partial charge on any atom is -0.242 e. The lowest BCUT2D eigenvalue weighted by molar-refractivity contribution is 0.154. The highest BCUT2D eigenvalue weighted by atomic mass is 35.5. The molecule has 2 heterocycles. The Hall–Kier alpha value is 0.300. The number of rotatable bonds is 2. The summed E-state index contributed by atoms with van der Waals surface area (Å²) in [5, 5.41) is 0. The number of thiophene rings is 1. The zero-order chi connectivity index (χ0) is 11.2. The molecule has 3 rings (SSSR count). The average molecular weight is 274 g/mol. The molecule has 1 saturated carbocycles. The summed E-state index contributed by atoms with van der Waals surface area (Å²) in [4.78, 5) is 0. The van der Waals surface area contributed by atoms with Gasteiger partial charge >= 0.3 is 0 Å². The number of nitrogens with zero attached hydrogens (tertiary/aromatic N) is 1. The molecule has 4 heteroatoms. The highest BCUT2D eigenvalue weighted by Crippen LogP contribution is 2.52. The molecule has 88 valence electrons. The van der Waals surface area contributed by atoms with Crippen molar-refractivity contribution in [2.24, 2.45) is 5.41 Å². The summed E-state index contributed by atoms with van der Waals surface area (Å²) in [5.41, 5.74) is 0.674. The molecule has 2 fully saturated rings. The predicted octanol–water partition coefficient (Wildman–Crippen LogP) is 4.67. The highest BCUT2D eigenvalue weighted by molar-refractivity contribution is 7.99. The second-order valence-corrected chi connectivity index (χ2v) is 8.20. The monoisotopic (exact) mass is 273 g/mol. The lowest BCUT2D eigenvalue weighted by atomic mass is 9.68. The normalized spacial score (nSPS) is 28.5. The van der Waals surface area contributed by atoms with Crippen molar-refractivity contribution in [3.05, 3.63) is 16.5 Å². The molecule has 1 saturated heterocycles. The molecule has 1 nitrogen and oxygen atoms in total. The van der Waals surface area contributed by atoms with Crippen LogP contribution >= 0.6 is 34.9 Å². The van der Waals surface area contributed by atoms with Crippen LogP contribution in [0.15, 0.2) is 16.3 Å². The van der Waals surface area contributed by atoms with Gasteiger partial charge in [-0.2, -0.15) is 0 Å². The molecule has 16 heavy (non-hydrogen) atoms. The van der Waals surface area contributed by atoms with Crippen LogP contribution in [0, 0.1) is 5.41 Å². The van der Waals surface area contributed by atoms with E-state index < -0.39 is 0 Å². The Bertz CT molecular complexity index is 386. The summed E-state index contributed by atoms with van der Waals surface area (Å²) < 4.78 is 4.78. The maximum atomic E-state index is 5.96. The Morgan fingerprint density at radius 2 is 2.31 bits per heavy atom. The molecule has 1 unspecified atom stereocenters. The molecule has 1 aliphatic heterocycles. The van der Waals surface area contributed by atoms with E-state index in [0.717, 1.165) is 4.34 Å². The van der Waals surface area contributed by atoms with Gasteiger partial charge < -0.3 is 0 Å². The van der Waals surface area contributed by atoms with E-state index >= 15 is 0 Å². The number of hydrogen-bond acceptors (Lipinski definition) is 3. The van der Waals surface area contributed by atoms with Crippen molar-refractivity contribution < 1.29 is 0 Å². The Morgan fingerprint density at radius 3 is 2.81 bits per heavy atom. The molecular weight excluding hydrogens is 258 g/mol. The van der Waals surface area contributed by atoms with Gasteiger partial charge in [0.15, 0.2) is 0 Å². The van der Waals surface area contributed by atoms with Crippen LogP contribution in [0.1, 0.15) is 32.6 Å². The first-order valence-electron chi connectivity index (χ1n) is 5.87. The second-order valence-electron chi connectivity index (χ2n) is 5.13. The first-order valence-corrected chi connectivity index (χ1v) is 7.84. The molecule has 1 atom stereocenters. The first kappa shape index (κ1) is 11.4. The van der Waals surface area contributed by atoms with Gasteiger partial charge in [0, 0.05) is 12.6 Å². The van der Waals surface area contributed by atoms with Gasteiger partial charge in [-0.15, -0.1) is 11.3 Å². The summed E-state index contributed by atoms with van der Waals surface area (Å²) in [6.07, 6.45) is 5.72. The van der Waals surface area contributed by atoms with E-state index in [1.54, 1.807) is 11.3 Å². The number of halogens is 1. The zero-order valence-electron chi connectivity index (χ0n) is 9.41. The van der Waals surface area contributed by atoms with Gasteiger partial charge in [0.1, 0.15) is 0 Å². The Morgan fingerprint density at radius 1 is 1.50 bits per heavy atom. The molecule has 0 N–H and O–H groups in total. The fraction of sp³-hybridized carbons (Fsp3) is 0.667. The second kappa shape index (κ2) is 4.20. The third kappa shape index (κ3) is 2.03. The van der Waals surface area contributed by atoms with E-state index in [0.29, 0.717) is 11.5 Å². The lowest BCUT2D eigenvalue weighted by Gasteiger charge is -2.38. The standard InChI is InChI=1S/C12H16ClNS2/c1-9-7-12(5-2-6-12)8-14(9)16-11-4-3-10(13)15-11/h3-4,9H,2,5-8H2,1H3. The molecule has 0 radical (unpaired) electrons. The van der Waals surface area contributed by atoms with Crippen LogP contribution in [0.2, 0.25) is 4.34 Å². The van der Waals surface area contributed by atoms with Crippen LogP contribution in [0.4, 0.5) is 0 Å². The van der Waals surface area contributed by atoms with Gasteiger partial charge in [-0.25, -0.2) is 4.31 Å². The molecule has 2 aliphatic rings. The molecule has 1 aromatic heterocycles. The smallest absolute Gasteiger partial charge is 0.0940 e. The van der Waals surface area contributed by atoms with Crippen molar-refractivity contribution in [2.45, 2.75) is 42.9 Å². The van der Waals surface area contributed by atoms with Crippen LogP contribution in [-0.4, -0.2) is 16.9 Å². The van der Waals surface area contributed by atoms with Crippen LogP contribution in [0.25, 0.3) is 0 Å².